The van der Waals surface area contributed by atoms with Gasteiger partial charge in [-0.25, -0.2) is 9.37 Å². The number of piperidine rings is 1. The minimum Gasteiger partial charge on any atom is -0.506 e. The predicted molar refractivity (Wildman–Crippen MR) is 160 cm³/mol. The summed E-state index contributed by atoms with van der Waals surface area (Å²) >= 11 is 5.85. The number of aromatic hydroxyl groups is 1. The molecule has 3 N–H and O–H groups in total. The summed E-state index contributed by atoms with van der Waals surface area (Å²) in [4.78, 5) is 45.4. The molecule has 0 radical (unpaired) electrons. The van der Waals surface area contributed by atoms with Crippen LogP contribution in [0, 0.1) is 0 Å². The topological polar surface area (TPSA) is 117 Å². The van der Waals surface area contributed by atoms with Gasteiger partial charge in [-0.2, -0.15) is 0 Å². The number of para-hydroxylation sites is 1. The summed E-state index contributed by atoms with van der Waals surface area (Å²) in [5.74, 6) is -1.17. The van der Waals surface area contributed by atoms with Gasteiger partial charge in [0, 0.05) is 49.7 Å². The normalized spacial score (nSPS) is 14.0. The second-order valence-corrected chi connectivity index (χ2v) is 10.4. The van der Waals surface area contributed by atoms with Crippen LogP contribution in [-0.4, -0.2) is 57.2 Å². The van der Waals surface area contributed by atoms with Gasteiger partial charge >= 0.3 is 0 Å². The summed E-state index contributed by atoms with van der Waals surface area (Å²) in [5.41, 5.74) is 1.22. The molecule has 0 aliphatic carbocycles. The number of alkyl halides is 1. The molecule has 4 aromatic rings. The minimum atomic E-state index is -0.741. The highest BCUT2D eigenvalue weighted by atomic mass is 35.5. The lowest BCUT2D eigenvalue weighted by molar-refractivity contribution is 0.102. The number of amides is 2. The summed E-state index contributed by atoms with van der Waals surface area (Å²) in [6.45, 7) is 2.53. The van der Waals surface area contributed by atoms with Gasteiger partial charge in [0.05, 0.1) is 16.3 Å². The lowest BCUT2D eigenvalue weighted by Gasteiger charge is -2.28. The number of halogens is 2. The summed E-state index contributed by atoms with van der Waals surface area (Å²) in [5, 5.41) is 16.1. The van der Waals surface area contributed by atoms with Crippen LogP contribution in [0.4, 0.5) is 15.9 Å². The summed E-state index contributed by atoms with van der Waals surface area (Å²) in [7, 11) is 0. The zero-order chi connectivity index (χ0) is 29.6. The summed E-state index contributed by atoms with van der Waals surface area (Å²) in [6.07, 6.45) is 3.42. The summed E-state index contributed by atoms with van der Waals surface area (Å²) < 4.78 is 15.1. The van der Waals surface area contributed by atoms with Gasteiger partial charge in [0.1, 0.15) is 17.7 Å². The smallest absolute Gasteiger partial charge is 0.259 e. The van der Waals surface area contributed by atoms with E-state index in [0.29, 0.717) is 55.2 Å². The van der Waals surface area contributed by atoms with E-state index in [2.05, 4.69) is 20.5 Å². The molecule has 2 aromatic carbocycles. The van der Waals surface area contributed by atoms with Crippen LogP contribution in [-0.2, 0) is 6.54 Å². The minimum absolute atomic E-state index is 0.0376. The number of benzene rings is 2. The molecule has 0 atom stereocenters. The first-order valence-corrected chi connectivity index (χ1v) is 13.9. The highest BCUT2D eigenvalue weighted by Crippen LogP contribution is 2.29. The largest absolute Gasteiger partial charge is 0.506 e. The standard InChI is InChI=1S/C31H29ClFN5O4/c32-22-10-11-27(34-19-22)35-30(41)25-3-1-5-26(39)28(25)36-29(40)21-8-6-20(7-9-21)24-4-2-14-38(31(24)42)18-17-37-15-12-23(33)13-16-37/h1-11,14,19,23,39H,12-13,15-18H2,(H,36,40)(H,34,35,41). The van der Waals surface area contributed by atoms with Crippen molar-refractivity contribution >= 4 is 34.9 Å². The average molecular weight is 590 g/mol. The summed E-state index contributed by atoms with van der Waals surface area (Å²) in [6, 6.07) is 17.4. The lowest BCUT2D eigenvalue weighted by Crippen LogP contribution is -2.37. The first-order valence-electron chi connectivity index (χ1n) is 13.5. The second kappa shape index (κ2) is 13.0. The maximum absolute atomic E-state index is 13.4. The number of phenols is 1. The van der Waals surface area contributed by atoms with Crippen LogP contribution in [0.3, 0.4) is 0 Å². The molecule has 1 saturated heterocycles. The molecule has 216 valence electrons. The number of pyridine rings is 2. The van der Waals surface area contributed by atoms with Gasteiger partial charge in [-0.3, -0.25) is 14.4 Å². The van der Waals surface area contributed by atoms with Gasteiger partial charge in [0.2, 0.25) is 0 Å². The van der Waals surface area contributed by atoms with Crippen LogP contribution in [0.1, 0.15) is 33.6 Å². The van der Waals surface area contributed by atoms with Gasteiger partial charge in [0.15, 0.2) is 0 Å². The Hall–Kier alpha value is -4.54. The fourth-order valence-electron chi connectivity index (χ4n) is 4.79. The molecule has 0 spiro atoms. The molecular formula is C31H29ClFN5O4. The number of phenolic OH excluding ortho intramolecular Hbond substituents is 1. The molecule has 1 aliphatic rings. The van der Waals surface area contributed by atoms with Crippen molar-refractivity contribution in [2.45, 2.75) is 25.6 Å². The van der Waals surface area contributed by atoms with Crippen LogP contribution in [0.15, 0.2) is 83.9 Å². The maximum atomic E-state index is 13.4. The van der Waals surface area contributed by atoms with Crippen molar-refractivity contribution in [1.82, 2.24) is 14.5 Å². The molecule has 0 saturated carbocycles. The Balaban J connectivity index is 1.28. The van der Waals surface area contributed by atoms with Crippen molar-refractivity contribution in [2.75, 3.05) is 30.3 Å². The Morgan fingerprint density at radius 3 is 2.43 bits per heavy atom. The molecule has 1 fully saturated rings. The molecule has 0 unspecified atom stereocenters. The van der Waals surface area contributed by atoms with E-state index in [1.807, 2.05) is 0 Å². The first-order chi connectivity index (χ1) is 20.3. The van der Waals surface area contributed by atoms with Gasteiger partial charge in [-0.1, -0.05) is 29.8 Å². The van der Waals surface area contributed by atoms with Crippen LogP contribution in [0.5, 0.6) is 5.75 Å². The molecule has 2 aromatic heterocycles. The molecule has 3 heterocycles. The predicted octanol–water partition coefficient (Wildman–Crippen LogP) is 5.21. The molecule has 9 nitrogen and oxygen atoms in total. The molecule has 5 rings (SSSR count). The van der Waals surface area contributed by atoms with E-state index in [4.69, 9.17) is 11.6 Å². The van der Waals surface area contributed by atoms with E-state index in [1.54, 1.807) is 53.2 Å². The zero-order valence-corrected chi connectivity index (χ0v) is 23.4. The van der Waals surface area contributed by atoms with Crippen molar-refractivity contribution in [2.24, 2.45) is 0 Å². The van der Waals surface area contributed by atoms with E-state index in [9.17, 15) is 23.9 Å². The van der Waals surface area contributed by atoms with Crippen LogP contribution >= 0.6 is 11.6 Å². The molecule has 0 bridgehead atoms. The van der Waals surface area contributed by atoms with Crippen molar-refractivity contribution in [3.8, 4) is 16.9 Å². The fraction of sp³-hybridized carbons (Fsp3) is 0.226. The lowest BCUT2D eigenvalue weighted by atomic mass is 10.0. The molecular weight excluding hydrogens is 561 g/mol. The molecule has 2 amide bonds. The highest BCUT2D eigenvalue weighted by Gasteiger charge is 2.20. The van der Waals surface area contributed by atoms with Crippen molar-refractivity contribution in [1.29, 1.82) is 0 Å². The van der Waals surface area contributed by atoms with Gasteiger partial charge < -0.3 is 25.2 Å². The van der Waals surface area contributed by atoms with Crippen LogP contribution in [0.2, 0.25) is 5.02 Å². The van der Waals surface area contributed by atoms with Gasteiger partial charge in [-0.15, -0.1) is 0 Å². The number of hydrogen-bond acceptors (Lipinski definition) is 6. The second-order valence-electron chi connectivity index (χ2n) is 9.98. The van der Waals surface area contributed by atoms with Crippen molar-refractivity contribution in [3.63, 3.8) is 0 Å². The Morgan fingerprint density at radius 1 is 0.952 bits per heavy atom. The maximum Gasteiger partial charge on any atom is 0.259 e. The number of aromatic nitrogens is 2. The number of carbonyl (C=O) groups is 2. The Kier molecular flexibility index (Phi) is 8.94. The Bertz CT molecular complexity index is 1630. The number of nitrogens with zero attached hydrogens (tertiary/aromatic N) is 3. The third-order valence-electron chi connectivity index (χ3n) is 7.15. The fourth-order valence-corrected chi connectivity index (χ4v) is 4.90. The van der Waals surface area contributed by atoms with E-state index >= 15 is 0 Å². The van der Waals surface area contributed by atoms with Gasteiger partial charge in [-0.05, 0) is 66.9 Å². The quantitative estimate of drug-likeness (QED) is 0.243. The van der Waals surface area contributed by atoms with E-state index in [-0.39, 0.29) is 33.9 Å². The molecule has 11 heteroatoms. The van der Waals surface area contributed by atoms with E-state index in [0.717, 1.165) is 0 Å². The number of nitrogens with one attached hydrogen (secondary N) is 2. The number of anilines is 2. The third kappa shape index (κ3) is 6.84. The highest BCUT2D eigenvalue weighted by molar-refractivity contribution is 6.30. The Labute approximate surface area is 246 Å². The number of hydrogen-bond donors (Lipinski definition) is 3. The molecule has 1 aliphatic heterocycles. The Morgan fingerprint density at radius 2 is 1.71 bits per heavy atom. The van der Waals surface area contributed by atoms with Crippen LogP contribution in [0.25, 0.3) is 11.1 Å². The number of carbonyl (C=O) groups excluding carboxylic acids is 2. The van der Waals surface area contributed by atoms with Crippen molar-refractivity contribution < 1.29 is 19.1 Å². The van der Waals surface area contributed by atoms with Crippen LogP contribution < -0.4 is 16.2 Å². The molecule has 42 heavy (non-hydrogen) atoms. The third-order valence-corrected chi connectivity index (χ3v) is 7.37. The van der Waals surface area contributed by atoms with Crippen molar-refractivity contribution in [3.05, 3.63) is 106 Å². The average Bonchev–Trinajstić information content (AvgIpc) is 2.99. The van der Waals surface area contributed by atoms with E-state index < -0.39 is 18.0 Å². The number of rotatable bonds is 8. The number of likely N-dealkylation sites (tertiary alicyclic amines) is 1. The first kappa shape index (κ1) is 29.0. The zero-order valence-electron chi connectivity index (χ0n) is 22.6. The SMILES string of the molecule is O=C(Nc1c(O)cccc1C(=O)Nc1ccc(Cl)cn1)c1ccc(-c2cccn(CCN3CCC(F)CC3)c2=O)cc1. The van der Waals surface area contributed by atoms with E-state index in [1.165, 1.54) is 30.5 Å². The van der Waals surface area contributed by atoms with Gasteiger partial charge in [0.25, 0.3) is 17.4 Å². The monoisotopic (exact) mass is 589 g/mol.